The van der Waals surface area contributed by atoms with E-state index in [9.17, 15) is 26.4 Å². The molecule has 150 valence electrons. The molecule has 2 aromatic carbocycles. The number of hydrogen-bond acceptors (Lipinski definition) is 3. The fourth-order valence-corrected chi connectivity index (χ4v) is 4.66. The number of carbonyl (C=O) groups is 1. The monoisotopic (exact) mass is 412 g/mol. The number of rotatable bonds is 4. The highest BCUT2D eigenvalue weighted by Gasteiger charge is 2.33. The number of amides is 1. The Kier molecular flexibility index (Phi) is 5.14. The Morgan fingerprint density at radius 1 is 1.21 bits per heavy atom. The Morgan fingerprint density at radius 3 is 2.57 bits per heavy atom. The highest BCUT2D eigenvalue weighted by atomic mass is 32.2. The Hall–Kier alpha value is -2.55. The average Bonchev–Trinajstić information content (AvgIpc) is 2.94. The van der Waals surface area contributed by atoms with Gasteiger partial charge in [-0.3, -0.25) is 9.10 Å². The van der Waals surface area contributed by atoms with Gasteiger partial charge in [-0.15, -0.1) is 0 Å². The molecule has 0 spiro atoms. The summed E-state index contributed by atoms with van der Waals surface area (Å²) in [6, 6.07) is 9.24. The summed E-state index contributed by atoms with van der Waals surface area (Å²) >= 11 is 0. The summed E-state index contributed by atoms with van der Waals surface area (Å²) in [7, 11) is -3.42. The second-order valence-corrected chi connectivity index (χ2v) is 8.70. The molecule has 28 heavy (non-hydrogen) atoms. The molecular formula is C19H19F3N2O3S. The predicted octanol–water partition coefficient (Wildman–Crippen LogP) is 3.35. The summed E-state index contributed by atoms with van der Waals surface area (Å²) in [5.74, 6) is -0.439. The van der Waals surface area contributed by atoms with Gasteiger partial charge >= 0.3 is 6.18 Å². The average molecular weight is 412 g/mol. The van der Waals surface area contributed by atoms with Crippen LogP contribution in [0.5, 0.6) is 0 Å². The fourth-order valence-electron chi connectivity index (χ4n) is 3.39. The van der Waals surface area contributed by atoms with Gasteiger partial charge in [-0.25, -0.2) is 8.42 Å². The van der Waals surface area contributed by atoms with Crippen molar-refractivity contribution in [1.29, 1.82) is 0 Å². The summed E-state index contributed by atoms with van der Waals surface area (Å²) in [6.45, 7) is 1.74. The molecule has 0 unspecified atom stereocenters. The van der Waals surface area contributed by atoms with Crippen molar-refractivity contribution < 1.29 is 26.4 Å². The van der Waals surface area contributed by atoms with Gasteiger partial charge < -0.3 is 5.32 Å². The van der Waals surface area contributed by atoms with Crippen LogP contribution in [0.2, 0.25) is 0 Å². The van der Waals surface area contributed by atoms with Crippen LogP contribution in [0, 0.1) is 0 Å². The van der Waals surface area contributed by atoms with Gasteiger partial charge in [-0.1, -0.05) is 12.1 Å². The Balaban J connectivity index is 1.74. The van der Waals surface area contributed by atoms with Crippen LogP contribution in [0.1, 0.15) is 34.0 Å². The van der Waals surface area contributed by atoms with Crippen molar-refractivity contribution >= 4 is 21.6 Å². The highest BCUT2D eigenvalue weighted by molar-refractivity contribution is 7.92. The molecule has 1 amide bonds. The maximum atomic E-state index is 12.8. The van der Waals surface area contributed by atoms with Crippen molar-refractivity contribution in [3.63, 3.8) is 0 Å². The molecule has 2 aromatic rings. The minimum absolute atomic E-state index is 0.0499. The fraction of sp³-hybridized carbons (Fsp3) is 0.316. The lowest BCUT2D eigenvalue weighted by Crippen LogP contribution is -2.34. The zero-order valence-electron chi connectivity index (χ0n) is 15.2. The molecule has 9 heteroatoms. The minimum atomic E-state index is -4.44. The molecule has 0 saturated heterocycles. The number of carbonyl (C=O) groups excluding carboxylic acids is 1. The van der Waals surface area contributed by atoms with Gasteiger partial charge in [0.25, 0.3) is 5.91 Å². The van der Waals surface area contributed by atoms with E-state index in [2.05, 4.69) is 5.32 Å². The van der Waals surface area contributed by atoms with Crippen LogP contribution in [0.25, 0.3) is 0 Å². The van der Waals surface area contributed by atoms with Gasteiger partial charge in [-0.2, -0.15) is 13.2 Å². The number of alkyl halides is 3. The molecule has 3 rings (SSSR count). The smallest absolute Gasteiger partial charge is 0.348 e. The Bertz CT molecular complexity index is 1020. The van der Waals surface area contributed by atoms with Crippen LogP contribution in [-0.4, -0.2) is 26.6 Å². The lowest BCUT2D eigenvalue weighted by molar-refractivity contribution is -0.137. The van der Waals surface area contributed by atoms with E-state index >= 15 is 0 Å². The second-order valence-electron chi connectivity index (χ2n) is 6.84. The summed E-state index contributed by atoms with van der Waals surface area (Å²) in [4.78, 5) is 12.4. The van der Waals surface area contributed by atoms with Gasteiger partial charge in [0, 0.05) is 18.2 Å². The molecule has 1 N–H and O–H groups in total. The number of anilines is 1. The van der Waals surface area contributed by atoms with Crippen LogP contribution in [0.3, 0.4) is 0 Å². The molecule has 5 nitrogen and oxygen atoms in total. The van der Waals surface area contributed by atoms with Gasteiger partial charge in [-0.05, 0) is 54.8 Å². The molecule has 1 heterocycles. The number of sulfonamides is 1. The van der Waals surface area contributed by atoms with Gasteiger partial charge in [0.2, 0.25) is 10.0 Å². The number of halogens is 3. The quantitative estimate of drug-likeness (QED) is 0.838. The Labute approximate surface area is 161 Å². The topological polar surface area (TPSA) is 66.5 Å². The third-order valence-electron chi connectivity index (χ3n) is 4.56. The summed E-state index contributed by atoms with van der Waals surface area (Å²) in [5, 5.41) is 2.60. The molecule has 0 saturated carbocycles. The van der Waals surface area contributed by atoms with Crippen LogP contribution in [0.4, 0.5) is 18.9 Å². The third kappa shape index (κ3) is 4.14. The first-order chi connectivity index (χ1) is 13.0. The molecule has 1 atom stereocenters. The van der Waals surface area contributed by atoms with Gasteiger partial charge in [0.05, 0.1) is 17.5 Å². The molecule has 0 aromatic heterocycles. The van der Waals surface area contributed by atoms with E-state index in [1.807, 2.05) is 0 Å². The normalized spacial score (nSPS) is 16.8. The summed E-state index contributed by atoms with van der Waals surface area (Å²) in [6.07, 6.45) is -2.83. The maximum Gasteiger partial charge on any atom is 0.416 e. The van der Waals surface area contributed by atoms with E-state index < -0.39 is 27.7 Å². The number of benzene rings is 2. The van der Waals surface area contributed by atoms with E-state index in [4.69, 9.17) is 0 Å². The highest BCUT2D eigenvalue weighted by Crippen LogP contribution is 2.34. The lowest BCUT2D eigenvalue weighted by atomic mass is 10.1. The first kappa shape index (κ1) is 20.2. The molecule has 0 radical (unpaired) electrons. The van der Waals surface area contributed by atoms with Crippen molar-refractivity contribution in [3.8, 4) is 0 Å². The van der Waals surface area contributed by atoms with Crippen LogP contribution >= 0.6 is 0 Å². The molecule has 0 fully saturated rings. The molecule has 0 bridgehead atoms. The number of fused-ring (bicyclic) bond motifs is 1. The van der Waals surface area contributed by atoms with Crippen molar-refractivity contribution in [2.45, 2.75) is 32.1 Å². The number of nitrogens with one attached hydrogen (secondary N) is 1. The standard InChI is InChI=1S/C19H19F3N2O3S/c1-12-8-15-10-14(6-7-17(15)24(12)28(2,26)27)18(25)23-11-13-4-3-5-16(9-13)19(20,21)22/h3-7,9-10,12H,8,11H2,1-2H3,(H,23,25)/t12-/m0/s1. The zero-order valence-corrected chi connectivity index (χ0v) is 16.1. The van der Waals surface area contributed by atoms with Crippen LogP contribution in [0.15, 0.2) is 42.5 Å². The van der Waals surface area contributed by atoms with Crippen molar-refractivity contribution in [3.05, 3.63) is 64.7 Å². The molecule has 1 aliphatic heterocycles. The Morgan fingerprint density at radius 2 is 1.93 bits per heavy atom. The van der Waals surface area contributed by atoms with Crippen molar-refractivity contribution in [2.75, 3.05) is 10.6 Å². The minimum Gasteiger partial charge on any atom is -0.348 e. The van der Waals surface area contributed by atoms with E-state index in [0.29, 0.717) is 23.2 Å². The molecule has 1 aliphatic rings. The predicted molar refractivity (Wildman–Crippen MR) is 99.5 cm³/mol. The number of nitrogens with zero attached hydrogens (tertiary/aromatic N) is 1. The summed E-state index contributed by atoms with van der Waals surface area (Å²) < 4.78 is 63.5. The van der Waals surface area contributed by atoms with Gasteiger partial charge in [0.1, 0.15) is 0 Å². The van der Waals surface area contributed by atoms with Crippen molar-refractivity contribution in [1.82, 2.24) is 5.32 Å². The molecule has 0 aliphatic carbocycles. The van der Waals surface area contributed by atoms with E-state index in [1.165, 1.54) is 22.5 Å². The van der Waals surface area contributed by atoms with Crippen molar-refractivity contribution in [2.24, 2.45) is 0 Å². The third-order valence-corrected chi connectivity index (χ3v) is 5.83. The molecular weight excluding hydrogens is 393 g/mol. The first-order valence-corrected chi connectivity index (χ1v) is 10.4. The van der Waals surface area contributed by atoms with E-state index in [1.54, 1.807) is 19.1 Å². The lowest BCUT2D eigenvalue weighted by Gasteiger charge is -2.21. The van der Waals surface area contributed by atoms with Crippen LogP contribution in [-0.2, 0) is 29.2 Å². The van der Waals surface area contributed by atoms with Crippen LogP contribution < -0.4 is 9.62 Å². The summed E-state index contributed by atoms with van der Waals surface area (Å²) in [5.41, 5.74) is 1.18. The SMILES string of the molecule is C[C@H]1Cc2cc(C(=O)NCc3cccc(C(F)(F)F)c3)ccc2N1S(C)(=O)=O. The maximum absolute atomic E-state index is 12.8. The van der Waals surface area contributed by atoms with Gasteiger partial charge in [0.15, 0.2) is 0 Å². The second kappa shape index (κ2) is 7.12. The number of hydrogen-bond donors (Lipinski definition) is 1. The van der Waals surface area contributed by atoms with E-state index in [-0.39, 0.29) is 12.6 Å². The van der Waals surface area contributed by atoms with E-state index in [0.717, 1.165) is 24.0 Å². The largest absolute Gasteiger partial charge is 0.416 e. The first-order valence-electron chi connectivity index (χ1n) is 8.53. The zero-order chi connectivity index (χ0) is 20.7.